The molecule has 1 N–H and O–H groups in total. The Morgan fingerprint density at radius 1 is 1.00 bits per heavy atom. The maximum absolute atomic E-state index is 12.5. The Hall–Kier alpha value is -0.370. The van der Waals surface area contributed by atoms with Gasteiger partial charge in [0.15, 0.2) is 5.78 Å². The number of aliphatic hydroxyl groups excluding tert-OH is 1. The van der Waals surface area contributed by atoms with Crippen molar-refractivity contribution in [3.8, 4) is 0 Å². The molecule has 4 fully saturated rings. The van der Waals surface area contributed by atoms with E-state index in [0.29, 0.717) is 17.3 Å². The van der Waals surface area contributed by atoms with Crippen LogP contribution in [0.5, 0.6) is 0 Å². The van der Waals surface area contributed by atoms with E-state index in [0.717, 1.165) is 24.7 Å². The van der Waals surface area contributed by atoms with Crippen molar-refractivity contribution in [1.82, 2.24) is 0 Å². The van der Waals surface area contributed by atoms with Gasteiger partial charge in [-0.25, -0.2) is 0 Å². The third-order valence-electron chi connectivity index (χ3n) is 7.58. The average Bonchev–Trinajstić information content (AvgIpc) is 2.84. The van der Waals surface area contributed by atoms with Crippen LogP contribution in [0, 0.1) is 35.0 Å². The van der Waals surface area contributed by atoms with Gasteiger partial charge in [-0.2, -0.15) is 0 Å². The van der Waals surface area contributed by atoms with Crippen molar-refractivity contribution in [2.75, 3.05) is 0 Å². The molecule has 0 amide bonds. The largest absolute Gasteiger partial charge is 0.385 e. The number of carbonyl (C=O) groups is 1. The van der Waals surface area contributed by atoms with Crippen LogP contribution >= 0.6 is 0 Å². The first-order valence-electron chi connectivity index (χ1n) is 8.82. The zero-order chi connectivity index (χ0) is 13.9. The minimum atomic E-state index is -0.646. The molecule has 4 rings (SSSR count). The highest BCUT2D eigenvalue weighted by Gasteiger charge is 2.55. The molecule has 2 unspecified atom stereocenters. The molecule has 0 bridgehead atoms. The van der Waals surface area contributed by atoms with Crippen LogP contribution in [0.15, 0.2) is 0 Å². The third kappa shape index (κ3) is 1.76. The van der Waals surface area contributed by atoms with Crippen molar-refractivity contribution < 1.29 is 9.90 Å². The lowest BCUT2D eigenvalue weighted by atomic mass is 9.50. The fourth-order valence-electron chi connectivity index (χ4n) is 6.61. The van der Waals surface area contributed by atoms with E-state index in [1.54, 1.807) is 0 Å². The Morgan fingerprint density at radius 2 is 1.80 bits per heavy atom. The highest BCUT2D eigenvalue weighted by Crippen LogP contribution is 2.61. The van der Waals surface area contributed by atoms with Gasteiger partial charge < -0.3 is 5.11 Å². The first-order chi connectivity index (χ1) is 9.60. The van der Waals surface area contributed by atoms with Gasteiger partial charge >= 0.3 is 0 Å². The minimum Gasteiger partial charge on any atom is -0.385 e. The van der Waals surface area contributed by atoms with E-state index in [9.17, 15) is 9.90 Å². The van der Waals surface area contributed by atoms with Crippen LogP contribution in [0.25, 0.3) is 0 Å². The summed E-state index contributed by atoms with van der Waals surface area (Å²) in [5.74, 6) is 3.27. The van der Waals surface area contributed by atoms with Crippen molar-refractivity contribution in [1.29, 1.82) is 0 Å². The van der Waals surface area contributed by atoms with E-state index in [-0.39, 0.29) is 11.7 Å². The lowest BCUT2D eigenvalue weighted by Crippen LogP contribution is -2.52. The number of Topliss-reactive ketones (excluding diaryl/α,β-unsaturated/α-hetero) is 1. The van der Waals surface area contributed by atoms with Gasteiger partial charge in [0.05, 0.1) is 0 Å². The molecular formula is C18H28O2. The Bertz CT molecular complexity index is 418. The molecule has 0 aromatic heterocycles. The summed E-state index contributed by atoms with van der Waals surface area (Å²) in [4.78, 5) is 12.5. The van der Waals surface area contributed by atoms with E-state index < -0.39 is 6.10 Å². The predicted molar refractivity (Wildman–Crippen MR) is 78.1 cm³/mol. The molecular weight excluding hydrogens is 248 g/mol. The number of aliphatic hydroxyl groups is 1. The SMILES string of the molecule is C[C@@]12CCC[C@H]1[C@@H]1CCC3CCC(O)C(=O)[C@@H]3[C@H]1CC2. The first-order valence-corrected chi connectivity index (χ1v) is 8.82. The highest BCUT2D eigenvalue weighted by molar-refractivity contribution is 5.86. The van der Waals surface area contributed by atoms with E-state index in [4.69, 9.17) is 0 Å². The minimum absolute atomic E-state index is 0.206. The number of hydrogen-bond donors (Lipinski definition) is 1. The second kappa shape index (κ2) is 4.56. The van der Waals surface area contributed by atoms with Crippen molar-refractivity contribution in [2.45, 2.75) is 70.8 Å². The van der Waals surface area contributed by atoms with Crippen LogP contribution in [-0.4, -0.2) is 17.0 Å². The standard InChI is InChI=1S/C18H28O2/c1-18-9-2-3-14(18)12-6-4-11-5-7-15(19)17(20)16(11)13(12)8-10-18/h11-16,19H,2-10H2,1H3/t11?,12-,13+,14+,15?,16+,18+/m1/s1. The Balaban J connectivity index is 1.63. The molecule has 0 saturated heterocycles. The summed E-state index contributed by atoms with van der Waals surface area (Å²) in [6, 6.07) is 0. The topological polar surface area (TPSA) is 37.3 Å². The monoisotopic (exact) mass is 276 g/mol. The first kappa shape index (κ1) is 13.3. The number of fused-ring (bicyclic) bond motifs is 5. The molecule has 7 atom stereocenters. The summed E-state index contributed by atoms with van der Waals surface area (Å²) < 4.78 is 0. The molecule has 4 aliphatic carbocycles. The van der Waals surface area contributed by atoms with E-state index >= 15 is 0 Å². The number of hydrogen-bond acceptors (Lipinski definition) is 2. The van der Waals surface area contributed by atoms with E-state index in [1.807, 2.05) is 0 Å². The van der Waals surface area contributed by atoms with E-state index in [1.165, 1.54) is 44.9 Å². The molecule has 0 spiro atoms. The number of rotatable bonds is 0. The van der Waals surface area contributed by atoms with E-state index in [2.05, 4.69) is 6.92 Å². The Kier molecular flexibility index (Phi) is 3.03. The molecule has 4 aliphatic rings. The van der Waals surface area contributed by atoms with Gasteiger partial charge in [-0.15, -0.1) is 0 Å². The molecule has 2 heteroatoms. The van der Waals surface area contributed by atoms with Crippen LogP contribution in [0.1, 0.15) is 64.7 Å². The molecule has 0 aliphatic heterocycles. The summed E-state index contributed by atoms with van der Waals surface area (Å²) in [6.07, 6.45) is 10.5. The third-order valence-corrected chi connectivity index (χ3v) is 7.58. The predicted octanol–water partition coefficient (Wildman–Crippen LogP) is 3.57. The fraction of sp³-hybridized carbons (Fsp3) is 0.944. The normalized spacial score (nSPS) is 55.0. The zero-order valence-electron chi connectivity index (χ0n) is 12.7. The van der Waals surface area contributed by atoms with Crippen LogP contribution in [0.4, 0.5) is 0 Å². The molecule has 0 aromatic rings. The smallest absolute Gasteiger partial charge is 0.164 e. The van der Waals surface area contributed by atoms with Crippen molar-refractivity contribution in [2.24, 2.45) is 35.0 Å². The van der Waals surface area contributed by atoms with Gasteiger partial charge in [-0.3, -0.25) is 4.79 Å². The summed E-state index contributed by atoms with van der Waals surface area (Å²) in [7, 11) is 0. The van der Waals surface area contributed by atoms with Crippen LogP contribution in [-0.2, 0) is 4.79 Å². The average molecular weight is 276 g/mol. The van der Waals surface area contributed by atoms with Gasteiger partial charge in [-0.1, -0.05) is 13.3 Å². The molecule has 4 saturated carbocycles. The summed E-state index contributed by atoms with van der Waals surface area (Å²) in [5, 5.41) is 10.00. The molecule has 0 aromatic carbocycles. The van der Waals surface area contributed by atoms with Gasteiger partial charge in [0.1, 0.15) is 6.10 Å². The molecule has 20 heavy (non-hydrogen) atoms. The van der Waals surface area contributed by atoms with Gasteiger partial charge in [0.25, 0.3) is 0 Å². The lowest BCUT2D eigenvalue weighted by molar-refractivity contribution is -0.148. The van der Waals surface area contributed by atoms with Crippen LogP contribution < -0.4 is 0 Å². The van der Waals surface area contributed by atoms with Crippen molar-refractivity contribution in [3.63, 3.8) is 0 Å². The quantitative estimate of drug-likeness (QED) is 0.734. The maximum Gasteiger partial charge on any atom is 0.164 e. The fourth-order valence-corrected chi connectivity index (χ4v) is 6.61. The van der Waals surface area contributed by atoms with Gasteiger partial charge in [0, 0.05) is 5.92 Å². The summed E-state index contributed by atoms with van der Waals surface area (Å²) >= 11 is 0. The summed E-state index contributed by atoms with van der Waals surface area (Å²) in [6.45, 7) is 2.50. The van der Waals surface area contributed by atoms with Gasteiger partial charge in [-0.05, 0) is 80.5 Å². The van der Waals surface area contributed by atoms with Crippen LogP contribution in [0.3, 0.4) is 0 Å². The lowest BCUT2D eigenvalue weighted by Gasteiger charge is -2.54. The summed E-state index contributed by atoms with van der Waals surface area (Å²) in [5.41, 5.74) is 0.574. The number of ketones is 1. The van der Waals surface area contributed by atoms with Crippen LogP contribution in [0.2, 0.25) is 0 Å². The Labute approximate surface area is 122 Å². The second-order valence-electron chi connectivity index (χ2n) is 8.38. The molecule has 0 radical (unpaired) electrons. The molecule has 0 heterocycles. The zero-order valence-corrected chi connectivity index (χ0v) is 12.7. The highest BCUT2D eigenvalue weighted by atomic mass is 16.3. The van der Waals surface area contributed by atoms with Crippen molar-refractivity contribution in [3.05, 3.63) is 0 Å². The molecule has 2 nitrogen and oxygen atoms in total. The van der Waals surface area contributed by atoms with Gasteiger partial charge in [0.2, 0.25) is 0 Å². The Morgan fingerprint density at radius 3 is 2.65 bits per heavy atom. The maximum atomic E-state index is 12.5. The second-order valence-corrected chi connectivity index (χ2v) is 8.38. The number of carbonyl (C=O) groups excluding carboxylic acids is 1. The molecule has 112 valence electrons. The van der Waals surface area contributed by atoms with Crippen molar-refractivity contribution >= 4 is 5.78 Å².